The van der Waals surface area contributed by atoms with E-state index in [9.17, 15) is 5.26 Å². The quantitative estimate of drug-likeness (QED) is 0.847. The Kier molecular flexibility index (Phi) is 3.86. The highest BCUT2D eigenvalue weighted by Gasteiger charge is 2.39. The minimum Gasteiger partial charge on any atom is -0.293 e. The van der Waals surface area contributed by atoms with Crippen LogP contribution in [0.1, 0.15) is 37.3 Å². The number of piperidine rings is 1. The van der Waals surface area contributed by atoms with Gasteiger partial charge < -0.3 is 0 Å². The van der Waals surface area contributed by atoms with Crippen molar-refractivity contribution in [3.63, 3.8) is 0 Å². The zero-order valence-corrected chi connectivity index (χ0v) is 12.8. The second kappa shape index (κ2) is 5.81. The maximum absolute atomic E-state index is 9.70. The van der Waals surface area contributed by atoms with Crippen LogP contribution in [0.2, 0.25) is 0 Å². The number of likely N-dealkylation sites (tertiary alicyclic amines) is 1. The fourth-order valence-corrected chi connectivity index (χ4v) is 3.12. The third-order valence-corrected chi connectivity index (χ3v) is 4.60. The summed E-state index contributed by atoms with van der Waals surface area (Å²) >= 11 is 0. The summed E-state index contributed by atoms with van der Waals surface area (Å²) in [5.41, 5.74) is 0.403. The third kappa shape index (κ3) is 2.46. The van der Waals surface area contributed by atoms with Gasteiger partial charge in [-0.25, -0.2) is 4.68 Å². The lowest BCUT2D eigenvalue weighted by Crippen LogP contribution is -2.43. The molecule has 2 aromatic heterocycles. The van der Waals surface area contributed by atoms with Crippen molar-refractivity contribution in [2.24, 2.45) is 7.05 Å². The van der Waals surface area contributed by atoms with Crippen LogP contribution >= 0.6 is 0 Å². The first-order valence-electron chi connectivity index (χ1n) is 7.45. The molecule has 0 saturated carbocycles. The normalized spacial score (nSPS) is 19.5. The molecule has 0 aromatic carbocycles. The van der Waals surface area contributed by atoms with Crippen molar-refractivity contribution in [1.82, 2.24) is 30.1 Å². The molecule has 0 N–H and O–H groups in total. The van der Waals surface area contributed by atoms with Crippen molar-refractivity contribution in [2.45, 2.75) is 31.2 Å². The molecule has 1 unspecified atom stereocenters. The predicted molar refractivity (Wildman–Crippen MR) is 79.5 cm³/mol. The largest absolute Gasteiger partial charge is 0.293 e. The van der Waals surface area contributed by atoms with E-state index in [0.717, 1.165) is 37.4 Å². The van der Waals surface area contributed by atoms with Crippen molar-refractivity contribution >= 4 is 0 Å². The molecule has 1 aliphatic rings. The van der Waals surface area contributed by atoms with E-state index in [0.29, 0.717) is 0 Å². The summed E-state index contributed by atoms with van der Waals surface area (Å²) < 4.78 is 1.70. The third-order valence-electron chi connectivity index (χ3n) is 4.60. The summed E-state index contributed by atoms with van der Waals surface area (Å²) in [6, 6.07) is 8.43. The number of nitrogens with zero attached hydrogens (tertiary/aromatic N) is 7. The van der Waals surface area contributed by atoms with Gasteiger partial charge in [0.05, 0.1) is 17.8 Å². The van der Waals surface area contributed by atoms with Crippen molar-refractivity contribution in [1.29, 1.82) is 5.26 Å². The lowest BCUT2D eigenvalue weighted by molar-refractivity contribution is 0.134. The first kappa shape index (κ1) is 14.6. The Morgan fingerprint density at radius 2 is 2.09 bits per heavy atom. The molecule has 0 bridgehead atoms. The molecule has 114 valence electrons. The Morgan fingerprint density at radius 1 is 1.32 bits per heavy atom. The lowest BCUT2D eigenvalue weighted by atomic mass is 9.76. The summed E-state index contributed by atoms with van der Waals surface area (Å²) in [6.45, 7) is 3.77. The summed E-state index contributed by atoms with van der Waals surface area (Å²) in [7, 11) is 1.85. The molecule has 0 spiro atoms. The molecule has 1 atom stereocenters. The van der Waals surface area contributed by atoms with E-state index in [2.05, 4.69) is 38.4 Å². The highest BCUT2D eigenvalue weighted by Crippen LogP contribution is 2.36. The van der Waals surface area contributed by atoms with Gasteiger partial charge in [0.15, 0.2) is 5.82 Å². The SMILES string of the molecule is CC(c1nnnn1C)N1CCC(C#N)(c2ccccn2)CC1. The first-order valence-corrected chi connectivity index (χ1v) is 7.45. The predicted octanol–water partition coefficient (Wildman–Crippen LogP) is 1.22. The van der Waals surface area contributed by atoms with Gasteiger partial charge in [0, 0.05) is 26.3 Å². The first-order chi connectivity index (χ1) is 10.7. The Balaban J connectivity index is 1.75. The smallest absolute Gasteiger partial charge is 0.167 e. The Labute approximate surface area is 129 Å². The highest BCUT2D eigenvalue weighted by molar-refractivity contribution is 5.27. The molecule has 3 heterocycles. The van der Waals surface area contributed by atoms with Gasteiger partial charge in [-0.05, 0) is 42.3 Å². The number of aromatic nitrogens is 5. The van der Waals surface area contributed by atoms with Crippen molar-refractivity contribution < 1.29 is 0 Å². The average Bonchev–Trinajstić information content (AvgIpc) is 3.01. The van der Waals surface area contributed by atoms with E-state index in [1.165, 1.54) is 0 Å². The zero-order chi connectivity index (χ0) is 15.6. The molecule has 0 radical (unpaired) electrons. The van der Waals surface area contributed by atoms with Crippen molar-refractivity contribution in [2.75, 3.05) is 13.1 Å². The van der Waals surface area contributed by atoms with Crippen LogP contribution in [-0.4, -0.2) is 43.2 Å². The van der Waals surface area contributed by atoms with Gasteiger partial charge in [-0.1, -0.05) is 6.07 Å². The molecular weight excluding hydrogens is 278 g/mol. The Morgan fingerprint density at radius 3 is 2.64 bits per heavy atom. The minimum atomic E-state index is -0.477. The Bertz CT molecular complexity index is 665. The van der Waals surface area contributed by atoms with Crippen LogP contribution in [0.25, 0.3) is 0 Å². The molecule has 1 fully saturated rings. The van der Waals surface area contributed by atoms with Crippen LogP contribution in [0.4, 0.5) is 0 Å². The molecule has 7 heteroatoms. The summed E-state index contributed by atoms with van der Waals surface area (Å²) in [5.74, 6) is 0.849. The Hall–Kier alpha value is -2.33. The molecule has 0 amide bonds. The molecule has 2 aromatic rings. The van der Waals surface area contributed by atoms with E-state index >= 15 is 0 Å². The number of aryl methyl sites for hydroxylation is 1. The number of tetrazole rings is 1. The van der Waals surface area contributed by atoms with Crippen LogP contribution in [0.5, 0.6) is 0 Å². The van der Waals surface area contributed by atoms with Crippen LogP contribution in [0.15, 0.2) is 24.4 Å². The van der Waals surface area contributed by atoms with Crippen LogP contribution in [-0.2, 0) is 12.5 Å². The molecule has 0 aliphatic carbocycles. The zero-order valence-electron chi connectivity index (χ0n) is 12.8. The number of hydrogen-bond acceptors (Lipinski definition) is 6. The monoisotopic (exact) mass is 297 g/mol. The van der Waals surface area contributed by atoms with Gasteiger partial charge in [0.25, 0.3) is 0 Å². The van der Waals surface area contributed by atoms with E-state index in [1.54, 1.807) is 10.9 Å². The summed E-state index contributed by atoms with van der Waals surface area (Å²) in [6.07, 6.45) is 3.31. The van der Waals surface area contributed by atoms with E-state index < -0.39 is 5.41 Å². The van der Waals surface area contributed by atoms with Crippen molar-refractivity contribution in [3.8, 4) is 6.07 Å². The second-order valence-corrected chi connectivity index (χ2v) is 5.78. The fourth-order valence-electron chi connectivity index (χ4n) is 3.12. The number of rotatable bonds is 3. The van der Waals surface area contributed by atoms with E-state index in [-0.39, 0.29) is 6.04 Å². The van der Waals surface area contributed by atoms with Gasteiger partial charge in [-0.2, -0.15) is 5.26 Å². The van der Waals surface area contributed by atoms with Crippen LogP contribution < -0.4 is 0 Å². The van der Waals surface area contributed by atoms with E-state index in [1.807, 2.05) is 25.2 Å². The minimum absolute atomic E-state index is 0.139. The lowest BCUT2D eigenvalue weighted by Gasteiger charge is -2.39. The van der Waals surface area contributed by atoms with Crippen LogP contribution in [0, 0.1) is 11.3 Å². The number of nitriles is 1. The van der Waals surface area contributed by atoms with Gasteiger partial charge in [0.2, 0.25) is 0 Å². The maximum atomic E-state index is 9.70. The van der Waals surface area contributed by atoms with Gasteiger partial charge in [-0.3, -0.25) is 9.88 Å². The standard InChI is InChI=1S/C15H19N7/c1-12(14-18-19-20-21(14)2)22-9-6-15(11-16,7-10-22)13-5-3-4-8-17-13/h3-5,8,12H,6-7,9-10H2,1-2H3. The van der Waals surface area contributed by atoms with Gasteiger partial charge in [-0.15, -0.1) is 5.10 Å². The second-order valence-electron chi connectivity index (χ2n) is 5.78. The topological polar surface area (TPSA) is 83.5 Å². The molecule has 1 saturated heterocycles. The molecule has 7 nitrogen and oxygen atoms in total. The molecule has 3 rings (SSSR count). The molecule has 1 aliphatic heterocycles. The number of hydrogen-bond donors (Lipinski definition) is 0. The highest BCUT2D eigenvalue weighted by atomic mass is 15.5. The molecule has 22 heavy (non-hydrogen) atoms. The number of pyridine rings is 1. The average molecular weight is 297 g/mol. The van der Waals surface area contributed by atoms with Gasteiger partial charge in [0.1, 0.15) is 5.41 Å². The fraction of sp³-hybridized carbons (Fsp3) is 0.533. The van der Waals surface area contributed by atoms with Gasteiger partial charge >= 0.3 is 0 Å². The maximum Gasteiger partial charge on any atom is 0.167 e. The van der Waals surface area contributed by atoms with Crippen LogP contribution in [0.3, 0.4) is 0 Å². The summed E-state index contributed by atoms with van der Waals surface area (Å²) in [5, 5.41) is 21.4. The summed E-state index contributed by atoms with van der Waals surface area (Å²) in [4.78, 5) is 6.73. The molecular formula is C15H19N7. The van der Waals surface area contributed by atoms with E-state index in [4.69, 9.17) is 0 Å². The van der Waals surface area contributed by atoms with Crippen molar-refractivity contribution in [3.05, 3.63) is 35.9 Å².